The molecule has 3 aromatic rings. The van der Waals surface area contributed by atoms with E-state index in [4.69, 9.17) is 4.74 Å². The fraction of sp³-hybridized carbons (Fsp3) is 0.294. The third-order valence-electron chi connectivity index (χ3n) is 4.31. The minimum absolute atomic E-state index is 0.169. The molecule has 1 fully saturated rings. The van der Waals surface area contributed by atoms with Gasteiger partial charge in [-0.2, -0.15) is 5.10 Å². The number of morpholine rings is 1. The Balaban J connectivity index is 1.87. The summed E-state index contributed by atoms with van der Waals surface area (Å²) < 4.78 is 5.77. The van der Waals surface area contributed by atoms with E-state index in [0.717, 1.165) is 48.4 Å². The lowest BCUT2D eigenvalue weighted by Gasteiger charge is -2.34. The van der Waals surface area contributed by atoms with Crippen molar-refractivity contribution in [1.82, 2.24) is 15.2 Å². The number of aromatic nitrogens is 3. The minimum atomic E-state index is 0.169. The van der Waals surface area contributed by atoms with Crippen molar-refractivity contribution in [3.63, 3.8) is 0 Å². The number of hydrogen-bond acceptors (Lipinski definition) is 4. The number of pyridine rings is 1. The molecular formula is C17H20N5O+. The topological polar surface area (TPSA) is 81.7 Å². The van der Waals surface area contributed by atoms with E-state index in [2.05, 4.69) is 50.1 Å². The molecular weight excluding hydrogens is 290 g/mol. The van der Waals surface area contributed by atoms with Crippen LogP contribution in [-0.2, 0) is 4.74 Å². The molecule has 2 aromatic heterocycles. The van der Waals surface area contributed by atoms with E-state index in [1.165, 1.54) is 5.69 Å². The third kappa shape index (κ3) is 2.56. The van der Waals surface area contributed by atoms with Crippen LogP contribution in [0, 0.1) is 0 Å². The molecule has 0 aliphatic carbocycles. The molecule has 1 atom stereocenters. The quantitative estimate of drug-likeness (QED) is 0.758. The molecule has 1 aliphatic heterocycles. The van der Waals surface area contributed by atoms with Gasteiger partial charge in [0.1, 0.15) is 12.6 Å². The van der Waals surface area contributed by atoms with E-state index >= 15 is 0 Å². The fourth-order valence-corrected chi connectivity index (χ4v) is 3.15. The largest absolute Gasteiger partial charge is 0.369 e. The van der Waals surface area contributed by atoms with E-state index in [0.29, 0.717) is 0 Å². The number of quaternary nitrogens is 1. The Kier molecular flexibility index (Phi) is 3.69. The van der Waals surface area contributed by atoms with Crippen molar-refractivity contribution in [2.45, 2.75) is 6.10 Å². The molecule has 23 heavy (non-hydrogen) atoms. The number of anilines is 1. The van der Waals surface area contributed by atoms with Gasteiger partial charge >= 0.3 is 0 Å². The van der Waals surface area contributed by atoms with Crippen molar-refractivity contribution < 1.29 is 10.5 Å². The van der Waals surface area contributed by atoms with Gasteiger partial charge in [0.15, 0.2) is 5.65 Å². The molecule has 118 valence electrons. The van der Waals surface area contributed by atoms with Gasteiger partial charge < -0.3 is 15.4 Å². The fourth-order valence-electron chi connectivity index (χ4n) is 3.15. The van der Waals surface area contributed by atoms with E-state index in [9.17, 15) is 0 Å². The predicted molar refractivity (Wildman–Crippen MR) is 89.0 cm³/mol. The molecule has 0 unspecified atom stereocenters. The van der Waals surface area contributed by atoms with Crippen LogP contribution in [0.2, 0.25) is 0 Å². The molecule has 6 heteroatoms. The van der Waals surface area contributed by atoms with Crippen LogP contribution in [0.4, 0.5) is 5.69 Å². The maximum atomic E-state index is 5.77. The summed E-state index contributed by atoms with van der Waals surface area (Å²) in [5, 5.41) is 8.20. The molecule has 1 aromatic carbocycles. The summed E-state index contributed by atoms with van der Waals surface area (Å²) in [5.41, 5.74) is 8.27. The molecule has 0 saturated carbocycles. The van der Waals surface area contributed by atoms with Gasteiger partial charge in [-0.1, -0.05) is 30.3 Å². The zero-order valence-electron chi connectivity index (χ0n) is 12.9. The highest BCUT2D eigenvalue weighted by molar-refractivity contribution is 5.98. The van der Waals surface area contributed by atoms with Gasteiger partial charge in [-0.05, 0) is 5.56 Å². The third-order valence-corrected chi connectivity index (χ3v) is 4.31. The van der Waals surface area contributed by atoms with Crippen LogP contribution in [0.5, 0.6) is 0 Å². The number of H-pyrrole nitrogens is 1. The molecule has 0 amide bonds. The second-order valence-corrected chi connectivity index (χ2v) is 5.75. The molecule has 0 radical (unpaired) electrons. The van der Waals surface area contributed by atoms with Gasteiger partial charge in [-0.15, -0.1) is 0 Å². The highest BCUT2D eigenvalue weighted by Crippen LogP contribution is 2.36. The Hall–Kier alpha value is -2.44. The number of nitrogens with zero attached hydrogens (tertiary/aromatic N) is 3. The van der Waals surface area contributed by atoms with Crippen LogP contribution in [0.3, 0.4) is 0 Å². The molecule has 1 saturated heterocycles. The zero-order chi connectivity index (χ0) is 15.6. The lowest BCUT2D eigenvalue weighted by molar-refractivity contribution is -0.386. The Morgan fingerprint density at radius 1 is 1.26 bits per heavy atom. The second-order valence-electron chi connectivity index (χ2n) is 5.75. The summed E-state index contributed by atoms with van der Waals surface area (Å²) in [7, 11) is 0. The van der Waals surface area contributed by atoms with Crippen LogP contribution in [0.15, 0.2) is 42.7 Å². The molecule has 3 heterocycles. The van der Waals surface area contributed by atoms with Crippen molar-refractivity contribution >= 4 is 16.7 Å². The first-order chi connectivity index (χ1) is 11.4. The van der Waals surface area contributed by atoms with Gasteiger partial charge in [0, 0.05) is 24.8 Å². The average Bonchev–Trinajstić information content (AvgIpc) is 3.10. The van der Waals surface area contributed by atoms with Crippen molar-refractivity contribution in [1.29, 1.82) is 0 Å². The van der Waals surface area contributed by atoms with E-state index in [-0.39, 0.29) is 6.10 Å². The summed E-state index contributed by atoms with van der Waals surface area (Å²) in [4.78, 5) is 6.90. The minimum Gasteiger partial charge on any atom is -0.369 e. The van der Waals surface area contributed by atoms with Gasteiger partial charge in [-0.25, -0.2) is 4.98 Å². The SMILES string of the molecule is [NH3+]C[C@H]1CN(c2c(-c3ccccc3)cnc3[nH]ncc23)CCO1. The van der Waals surface area contributed by atoms with Crippen molar-refractivity contribution in [3.8, 4) is 11.1 Å². The van der Waals surface area contributed by atoms with Gasteiger partial charge in [0.2, 0.25) is 0 Å². The number of ether oxygens (including phenoxy) is 1. The normalized spacial score (nSPS) is 18.5. The molecule has 4 rings (SSSR count). The van der Waals surface area contributed by atoms with Gasteiger partial charge in [0.05, 0.1) is 23.9 Å². The van der Waals surface area contributed by atoms with Crippen molar-refractivity contribution in [2.24, 2.45) is 0 Å². The van der Waals surface area contributed by atoms with Crippen LogP contribution in [0.1, 0.15) is 0 Å². The number of benzene rings is 1. The van der Waals surface area contributed by atoms with E-state index < -0.39 is 0 Å². The summed E-state index contributed by atoms with van der Waals surface area (Å²) in [6.07, 6.45) is 3.96. The Morgan fingerprint density at radius 2 is 2.13 bits per heavy atom. The lowest BCUT2D eigenvalue weighted by atomic mass is 10.0. The first-order valence-corrected chi connectivity index (χ1v) is 7.90. The summed E-state index contributed by atoms with van der Waals surface area (Å²) in [6.45, 7) is 3.20. The average molecular weight is 310 g/mol. The maximum Gasteiger partial charge on any atom is 0.157 e. The standard InChI is InChI=1S/C17H19N5O/c18-8-13-11-22(6-7-23-13)16-14(12-4-2-1-3-5-12)9-19-17-15(16)10-20-21-17/h1-5,9-10,13H,6-8,11,18H2,(H,19,20,21)/p+1/t13-/m0/s1. The summed E-state index contributed by atoms with van der Waals surface area (Å²) >= 11 is 0. The maximum absolute atomic E-state index is 5.77. The Labute approximate surface area is 134 Å². The van der Waals surface area contributed by atoms with Crippen LogP contribution in [0.25, 0.3) is 22.2 Å². The monoisotopic (exact) mass is 310 g/mol. The van der Waals surface area contributed by atoms with Gasteiger partial charge in [0.25, 0.3) is 0 Å². The number of hydrogen-bond donors (Lipinski definition) is 2. The zero-order valence-corrected chi connectivity index (χ0v) is 12.9. The van der Waals surface area contributed by atoms with Crippen molar-refractivity contribution in [3.05, 3.63) is 42.7 Å². The number of fused-ring (bicyclic) bond motifs is 1. The van der Waals surface area contributed by atoms with Crippen LogP contribution >= 0.6 is 0 Å². The lowest BCUT2D eigenvalue weighted by Crippen LogP contribution is -2.60. The first-order valence-electron chi connectivity index (χ1n) is 7.90. The number of nitrogens with one attached hydrogen (secondary N) is 1. The highest BCUT2D eigenvalue weighted by Gasteiger charge is 2.25. The molecule has 6 nitrogen and oxygen atoms in total. The number of rotatable bonds is 3. The van der Waals surface area contributed by atoms with E-state index in [1.807, 2.05) is 18.5 Å². The Bertz CT molecular complexity index is 801. The molecule has 0 spiro atoms. The van der Waals surface area contributed by atoms with Gasteiger partial charge in [-0.3, -0.25) is 5.10 Å². The summed E-state index contributed by atoms with van der Waals surface area (Å²) in [5.74, 6) is 0. The predicted octanol–water partition coefficient (Wildman–Crippen LogP) is 1.07. The Morgan fingerprint density at radius 3 is 2.96 bits per heavy atom. The molecule has 4 N–H and O–H groups in total. The molecule has 0 bridgehead atoms. The molecule has 1 aliphatic rings. The highest BCUT2D eigenvalue weighted by atomic mass is 16.5. The second kappa shape index (κ2) is 5.98. The van der Waals surface area contributed by atoms with Crippen LogP contribution < -0.4 is 10.6 Å². The van der Waals surface area contributed by atoms with Crippen LogP contribution in [-0.4, -0.2) is 47.5 Å². The summed E-state index contributed by atoms with van der Waals surface area (Å²) in [6, 6.07) is 10.4. The van der Waals surface area contributed by atoms with E-state index in [1.54, 1.807) is 0 Å². The first kappa shape index (κ1) is 14.2. The van der Waals surface area contributed by atoms with Crippen molar-refractivity contribution in [2.75, 3.05) is 31.1 Å². The smallest absolute Gasteiger partial charge is 0.157 e. The number of aromatic amines is 1.